The van der Waals surface area contributed by atoms with E-state index in [2.05, 4.69) is 58.7 Å². The third kappa shape index (κ3) is 2.30. The van der Waals surface area contributed by atoms with Gasteiger partial charge in [-0.2, -0.15) is 4.98 Å². The molecule has 0 unspecified atom stereocenters. The van der Waals surface area contributed by atoms with E-state index in [9.17, 15) is 0 Å². The molecular formula is C14H20N4O. The van der Waals surface area contributed by atoms with Crippen LogP contribution in [0.1, 0.15) is 50.1 Å². The lowest BCUT2D eigenvalue weighted by molar-refractivity contribution is 0.141. The predicted molar refractivity (Wildman–Crippen MR) is 71.6 cm³/mol. The van der Waals surface area contributed by atoms with Gasteiger partial charge in [0.2, 0.25) is 5.89 Å². The van der Waals surface area contributed by atoms with Gasteiger partial charge in [-0.1, -0.05) is 19.0 Å². The minimum absolute atomic E-state index is 0.313. The summed E-state index contributed by atoms with van der Waals surface area (Å²) in [6.07, 6.45) is 2.15. The molecule has 0 aliphatic carbocycles. The van der Waals surface area contributed by atoms with Crippen molar-refractivity contribution in [2.75, 3.05) is 6.54 Å². The van der Waals surface area contributed by atoms with Gasteiger partial charge in [0.25, 0.3) is 0 Å². The van der Waals surface area contributed by atoms with Crippen LogP contribution in [0.15, 0.2) is 22.9 Å². The molecule has 19 heavy (non-hydrogen) atoms. The number of hydrogen-bond donors (Lipinski definition) is 0. The Hall–Kier alpha value is -1.62. The first kappa shape index (κ1) is 12.4. The third-order valence-electron chi connectivity index (χ3n) is 3.81. The molecule has 0 spiro atoms. The molecule has 1 aliphatic heterocycles. The summed E-state index contributed by atoms with van der Waals surface area (Å²) in [6, 6.07) is 4.68. The molecule has 3 heterocycles. The maximum atomic E-state index is 5.34. The zero-order valence-electron chi connectivity index (χ0n) is 11.7. The van der Waals surface area contributed by atoms with Gasteiger partial charge in [0, 0.05) is 36.9 Å². The molecule has 0 saturated heterocycles. The highest BCUT2D eigenvalue weighted by atomic mass is 16.5. The molecule has 0 bridgehead atoms. The van der Waals surface area contributed by atoms with E-state index in [-0.39, 0.29) is 0 Å². The SMILES string of the molecule is CC(C)c1noc(CN2CCn3cccc3[C@H]2C)n1. The Kier molecular flexibility index (Phi) is 3.14. The second-order valence-electron chi connectivity index (χ2n) is 5.47. The van der Waals surface area contributed by atoms with E-state index >= 15 is 0 Å². The fraction of sp³-hybridized carbons (Fsp3) is 0.571. The van der Waals surface area contributed by atoms with Crippen molar-refractivity contribution in [3.63, 3.8) is 0 Å². The summed E-state index contributed by atoms with van der Waals surface area (Å²) in [6.45, 7) is 9.15. The van der Waals surface area contributed by atoms with Gasteiger partial charge in [0.05, 0.1) is 6.54 Å². The zero-order valence-corrected chi connectivity index (χ0v) is 11.7. The van der Waals surface area contributed by atoms with Crippen molar-refractivity contribution in [2.45, 2.75) is 45.8 Å². The van der Waals surface area contributed by atoms with Crippen LogP contribution in [-0.2, 0) is 13.1 Å². The average molecular weight is 260 g/mol. The van der Waals surface area contributed by atoms with Crippen molar-refractivity contribution in [1.82, 2.24) is 19.6 Å². The van der Waals surface area contributed by atoms with Gasteiger partial charge in [-0.25, -0.2) is 0 Å². The second-order valence-corrected chi connectivity index (χ2v) is 5.47. The van der Waals surface area contributed by atoms with Crippen LogP contribution in [0.3, 0.4) is 0 Å². The molecule has 0 fully saturated rings. The molecular weight excluding hydrogens is 240 g/mol. The van der Waals surface area contributed by atoms with Gasteiger partial charge in [-0.05, 0) is 19.1 Å². The lowest BCUT2D eigenvalue weighted by Gasteiger charge is -2.33. The molecule has 2 aromatic rings. The Morgan fingerprint density at radius 3 is 3.00 bits per heavy atom. The molecule has 5 heteroatoms. The zero-order chi connectivity index (χ0) is 13.4. The maximum absolute atomic E-state index is 5.34. The van der Waals surface area contributed by atoms with Crippen LogP contribution in [0, 0.1) is 0 Å². The minimum atomic E-state index is 0.313. The van der Waals surface area contributed by atoms with Crippen LogP contribution < -0.4 is 0 Å². The number of rotatable bonds is 3. The number of nitrogens with zero attached hydrogens (tertiary/aromatic N) is 4. The number of aromatic nitrogens is 3. The molecule has 0 aromatic carbocycles. The summed E-state index contributed by atoms with van der Waals surface area (Å²) in [5, 5.41) is 4.02. The van der Waals surface area contributed by atoms with E-state index in [1.54, 1.807) is 0 Å². The van der Waals surface area contributed by atoms with Crippen LogP contribution in [0.4, 0.5) is 0 Å². The monoisotopic (exact) mass is 260 g/mol. The van der Waals surface area contributed by atoms with Crippen molar-refractivity contribution in [1.29, 1.82) is 0 Å². The Morgan fingerprint density at radius 1 is 1.42 bits per heavy atom. The highest BCUT2D eigenvalue weighted by Crippen LogP contribution is 2.26. The van der Waals surface area contributed by atoms with Gasteiger partial charge in [0.15, 0.2) is 5.82 Å². The normalized spacial score (nSPS) is 19.9. The Balaban J connectivity index is 1.73. The van der Waals surface area contributed by atoms with Crippen molar-refractivity contribution in [2.24, 2.45) is 0 Å². The van der Waals surface area contributed by atoms with Crippen molar-refractivity contribution < 1.29 is 4.52 Å². The van der Waals surface area contributed by atoms with E-state index in [1.165, 1.54) is 5.69 Å². The molecule has 1 atom stereocenters. The van der Waals surface area contributed by atoms with Gasteiger partial charge >= 0.3 is 0 Å². The first-order valence-electron chi connectivity index (χ1n) is 6.86. The van der Waals surface area contributed by atoms with Gasteiger partial charge < -0.3 is 9.09 Å². The summed E-state index contributed by atoms with van der Waals surface area (Å²) >= 11 is 0. The highest BCUT2D eigenvalue weighted by Gasteiger charge is 2.25. The molecule has 0 radical (unpaired) electrons. The van der Waals surface area contributed by atoms with Crippen LogP contribution in [0.2, 0.25) is 0 Å². The lowest BCUT2D eigenvalue weighted by Crippen LogP contribution is -2.35. The van der Waals surface area contributed by atoms with E-state index in [0.717, 1.165) is 31.3 Å². The number of hydrogen-bond acceptors (Lipinski definition) is 4. The second kappa shape index (κ2) is 4.81. The summed E-state index contributed by atoms with van der Waals surface area (Å²) < 4.78 is 7.65. The minimum Gasteiger partial charge on any atom is -0.349 e. The average Bonchev–Trinajstić information content (AvgIpc) is 3.01. The fourth-order valence-electron chi connectivity index (χ4n) is 2.58. The van der Waals surface area contributed by atoms with Crippen LogP contribution in [0.5, 0.6) is 0 Å². The molecule has 102 valence electrons. The lowest BCUT2D eigenvalue weighted by atomic mass is 10.1. The van der Waals surface area contributed by atoms with Crippen molar-refractivity contribution >= 4 is 0 Å². The maximum Gasteiger partial charge on any atom is 0.240 e. The molecule has 3 rings (SSSR count). The standard InChI is InChI=1S/C14H20N4O/c1-10(2)14-15-13(19-16-14)9-18-8-7-17-6-4-5-12(17)11(18)3/h4-6,10-11H,7-9H2,1-3H3/t11-/m1/s1. The quantitative estimate of drug-likeness (QED) is 0.851. The largest absolute Gasteiger partial charge is 0.349 e. The van der Waals surface area contributed by atoms with Crippen LogP contribution >= 0.6 is 0 Å². The molecule has 1 aliphatic rings. The summed E-state index contributed by atoms with van der Waals surface area (Å²) in [5.74, 6) is 1.83. The molecule has 0 N–H and O–H groups in total. The van der Waals surface area contributed by atoms with Crippen molar-refractivity contribution in [3.8, 4) is 0 Å². The van der Waals surface area contributed by atoms with E-state index < -0.39 is 0 Å². The summed E-state index contributed by atoms with van der Waals surface area (Å²) in [5.41, 5.74) is 1.36. The topological polar surface area (TPSA) is 47.1 Å². The van der Waals surface area contributed by atoms with Crippen LogP contribution in [0.25, 0.3) is 0 Å². The first-order chi connectivity index (χ1) is 9.15. The summed E-state index contributed by atoms with van der Waals surface area (Å²) in [4.78, 5) is 6.84. The Bertz CT molecular complexity index is 557. The van der Waals surface area contributed by atoms with Crippen LogP contribution in [-0.4, -0.2) is 26.2 Å². The van der Waals surface area contributed by atoms with Gasteiger partial charge in [-0.3, -0.25) is 4.90 Å². The first-order valence-corrected chi connectivity index (χ1v) is 6.86. The van der Waals surface area contributed by atoms with Gasteiger partial charge in [0.1, 0.15) is 0 Å². The Morgan fingerprint density at radius 2 is 2.26 bits per heavy atom. The summed E-state index contributed by atoms with van der Waals surface area (Å²) in [7, 11) is 0. The molecule has 2 aromatic heterocycles. The van der Waals surface area contributed by atoms with Crippen molar-refractivity contribution in [3.05, 3.63) is 35.7 Å². The van der Waals surface area contributed by atoms with E-state index in [4.69, 9.17) is 4.52 Å². The number of fused-ring (bicyclic) bond motifs is 1. The predicted octanol–water partition coefficient (Wildman–Crippen LogP) is 2.57. The smallest absolute Gasteiger partial charge is 0.240 e. The molecule has 0 saturated carbocycles. The molecule has 0 amide bonds. The third-order valence-corrected chi connectivity index (χ3v) is 3.81. The fourth-order valence-corrected chi connectivity index (χ4v) is 2.58. The Labute approximate surface area is 113 Å². The van der Waals surface area contributed by atoms with Gasteiger partial charge in [-0.15, -0.1) is 0 Å². The van der Waals surface area contributed by atoms with E-state index in [1.807, 2.05) is 0 Å². The highest BCUT2D eigenvalue weighted by molar-refractivity contribution is 5.13. The van der Waals surface area contributed by atoms with E-state index in [0.29, 0.717) is 12.0 Å². The molecule has 5 nitrogen and oxygen atoms in total.